The molecule has 0 N–H and O–H groups in total. The van der Waals surface area contributed by atoms with Gasteiger partial charge in [-0.2, -0.15) is 0 Å². The van der Waals surface area contributed by atoms with Crippen molar-refractivity contribution < 1.29 is 4.79 Å². The van der Waals surface area contributed by atoms with Gasteiger partial charge in [-0.05, 0) is 38.5 Å². The number of hydrogen-bond donors (Lipinski definition) is 0. The van der Waals surface area contributed by atoms with Crippen molar-refractivity contribution in [2.45, 2.75) is 26.9 Å². The van der Waals surface area contributed by atoms with Crippen LogP contribution in [0.3, 0.4) is 0 Å². The molecular formula is C25H26N4O. The number of rotatable bonds is 3. The Bertz CT molecular complexity index is 1140. The number of aromatic nitrogens is 1. The average Bonchev–Trinajstić information content (AvgIpc) is 2.86. The maximum Gasteiger partial charge on any atom is 0.272 e. The van der Waals surface area contributed by atoms with E-state index in [-0.39, 0.29) is 5.91 Å². The Balaban J connectivity index is 1.91. The highest BCUT2D eigenvalue weighted by Gasteiger charge is 2.33. The van der Waals surface area contributed by atoms with Crippen molar-refractivity contribution in [2.24, 2.45) is 4.99 Å². The van der Waals surface area contributed by atoms with Crippen molar-refractivity contribution >= 4 is 23.0 Å². The van der Waals surface area contributed by atoms with Gasteiger partial charge in [0.05, 0.1) is 11.4 Å². The van der Waals surface area contributed by atoms with Crippen molar-refractivity contribution in [1.29, 1.82) is 0 Å². The molecule has 2 heterocycles. The number of carbonyl (C=O) groups excluding carboxylic acids is 1. The van der Waals surface area contributed by atoms with Crippen LogP contribution >= 0.6 is 0 Å². The van der Waals surface area contributed by atoms with E-state index in [0.29, 0.717) is 0 Å². The molecular weight excluding hydrogens is 372 g/mol. The summed E-state index contributed by atoms with van der Waals surface area (Å²) >= 11 is 0. The first-order valence-corrected chi connectivity index (χ1v) is 10.1. The topological polar surface area (TPSA) is 48.8 Å². The van der Waals surface area contributed by atoms with Crippen molar-refractivity contribution in [1.82, 2.24) is 4.98 Å². The summed E-state index contributed by atoms with van der Waals surface area (Å²) in [7, 11) is 3.75. The van der Waals surface area contributed by atoms with Gasteiger partial charge in [-0.1, -0.05) is 48.5 Å². The maximum absolute atomic E-state index is 13.5. The molecule has 3 aromatic rings. The summed E-state index contributed by atoms with van der Waals surface area (Å²) in [5.74, 6) is -0.0672. The van der Waals surface area contributed by atoms with Gasteiger partial charge < -0.3 is 9.80 Å². The highest BCUT2D eigenvalue weighted by Crippen LogP contribution is 2.31. The second-order valence-electron chi connectivity index (χ2n) is 7.74. The van der Waals surface area contributed by atoms with Gasteiger partial charge in [-0.3, -0.25) is 9.78 Å². The molecule has 0 saturated heterocycles. The number of amides is 1. The third-order valence-electron chi connectivity index (χ3n) is 5.73. The van der Waals surface area contributed by atoms with Gasteiger partial charge in [0.2, 0.25) is 6.17 Å². The first kappa shape index (κ1) is 19.8. The van der Waals surface area contributed by atoms with Crippen LogP contribution in [0.5, 0.6) is 0 Å². The molecule has 0 fully saturated rings. The van der Waals surface area contributed by atoms with Crippen molar-refractivity contribution in [3.63, 3.8) is 0 Å². The van der Waals surface area contributed by atoms with E-state index in [1.54, 1.807) is 4.90 Å². The predicted molar refractivity (Wildman–Crippen MR) is 123 cm³/mol. The lowest BCUT2D eigenvalue weighted by Gasteiger charge is -2.30. The first-order chi connectivity index (χ1) is 14.4. The summed E-state index contributed by atoms with van der Waals surface area (Å²) in [5.41, 5.74) is 7.53. The molecule has 4 rings (SSSR count). The quantitative estimate of drug-likeness (QED) is 0.662. The van der Waals surface area contributed by atoms with E-state index in [0.717, 1.165) is 45.2 Å². The van der Waals surface area contributed by atoms with Crippen LogP contribution in [0.25, 0.3) is 0 Å². The summed E-state index contributed by atoms with van der Waals surface area (Å²) in [6.07, 6.45) is -0.683. The summed E-state index contributed by atoms with van der Waals surface area (Å²) in [4.78, 5) is 26.8. The van der Waals surface area contributed by atoms with Crippen molar-refractivity contribution in [3.05, 3.63) is 88.7 Å². The third-order valence-corrected chi connectivity index (χ3v) is 5.73. The van der Waals surface area contributed by atoms with Crippen molar-refractivity contribution in [3.8, 4) is 0 Å². The number of aryl methyl sites for hydroxylation is 2. The molecule has 1 aliphatic rings. The summed E-state index contributed by atoms with van der Waals surface area (Å²) in [5, 5.41) is 0. The second kappa shape index (κ2) is 7.75. The fourth-order valence-electron chi connectivity index (χ4n) is 3.95. The second-order valence-corrected chi connectivity index (χ2v) is 7.74. The lowest BCUT2D eigenvalue weighted by atomic mass is 10.0. The van der Waals surface area contributed by atoms with Crippen LogP contribution in [0.1, 0.15) is 28.1 Å². The molecule has 0 radical (unpaired) electrons. The van der Waals surface area contributed by atoms with Crippen LogP contribution < -0.4 is 9.80 Å². The number of anilines is 2. The molecule has 0 bridgehead atoms. The molecule has 152 valence electrons. The van der Waals surface area contributed by atoms with Crippen LogP contribution in [0.2, 0.25) is 0 Å². The fraction of sp³-hybridized carbons (Fsp3) is 0.240. The lowest BCUT2D eigenvalue weighted by Crippen LogP contribution is -2.45. The fourth-order valence-corrected chi connectivity index (χ4v) is 3.95. The number of para-hydroxylation sites is 1. The zero-order chi connectivity index (χ0) is 21.4. The number of aliphatic imine (C=N–C) groups is 1. The van der Waals surface area contributed by atoms with Gasteiger partial charge in [0.25, 0.3) is 5.91 Å². The Kier molecular flexibility index (Phi) is 5.12. The van der Waals surface area contributed by atoms with Crippen LogP contribution in [0, 0.1) is 20.8 Å². The number of pyridine rings is 1. The Morgan fingerprint density at radius 2 is 1.63 bits per heavy atom. The SMILES string of the molecule is Cc1cc(N(C)[C@H]2N=C(c3ccccc3)c3ccccc3N(C)C2=O)c(C)c(C)n1. The molecule has 5 nitrogen and oxygen atoms in total. The highest BCUT2D eigenvalue weighted by atomic mass is 16.2. The molecule has 0 spiro atoms. The van der Waals surface area contributed by atoms with Gasteiger partial charge in [-0.25, -0.2) is 4.99 Å². The molecule has 2 aromatic carbocycles. The minimum atomic E-state index is -0.683. The van der Waals surface area contributed by atoms with Crippen LogP contribution in [0.4, 0.5) is 11.4 Å². The summed E-state index contributed by atoms with van der Waals surface area (Å²) in [6, 6.07) is 20.0. The van der Waals surface area contributed by atoms with E-state index in [2.05, 4.69) is 4.98 Å². The molecule has 1 atom stereocenters. The minimum absolute atomic E-state index is 0.0672. The van der Waals surface area contributed by atoms with E-state index in [1.807, 2.05) is 100 Å². The number of nitrogens with zero attached hydrogens (tertiary/aromatic N) is 4. The monoisotopic (exact) mass is 398 g/mol. The molecule has 1 aliphatic heterocycles. The van der Waals surface area contributed by atoms with E-state index in [9.17, 15) is 4.79 Å². The summed E-state index contributed by atoms with van der Waals surface area (Å²) in [6.45, 7) is 6.00. The van der Waals surface area contributed by atoms with Gasteiger partial charge in [0, 0.05) is 42.3 Å². The number of hydrogen-bond acceptors (Lipinski definition) is 4. The van der Waals surface area contributed by atoms with E-state index >= 15 is 0 Å². The average molecular weight is 399 g/mol. The Morgan fingerprint density at radius 1 is 0.967 bits per heavy atom. The standard InChI is InChI=1S/C25H26N4O/c1-16-15-22(17(2)18(3)26-16)28(4)24-25(30)29(5)21-14-10-9-13-20(21)23(27-24)19-11-7-6-8-12-19/h6-15,24H,1-5H3/t24-/m1/s1. The highest BCUT2D eigenvalue weighted by molar-refractivity contribution is 6.20. The maximum atomic E-state index is 13.5. The zero-order valence-electron chi connectivity index (χ0n) is 18.0. The molecule has 1 aromatic heterocycles. The van der Waals surface area contributed by atoms with Gasteiger partial charge in [-0.15, -0.1) is 0 Å². The van der Waals surface area contributed by atoms with Crippen LogP contribution in [-0.2, 0) is 4.79 Å². The molecule has 0 aliphatic carbocycles. The Morgan fingerprint density at radius 3 is 2.37 bits per heavy atom. The van der Waals surface area contributed by atoms with Crippen LogP contribution in [0.15, 0.2) is 65.7 Å². The van der Waals surface area contributed by atoms with E-state index in [4.69, 9.17) is 4.99 Å². The number of benzodiazepines with no additional fused rings is 1. The number of benzene rings is 2. The molecule has 30 heavy (non-hydrogen) atoms. The largest absolute Gasteiger partial charge is 0.345 e. The number of likely N-dealkylation sites (N-methyl/N-ethyl adjacent to an activating group) is 2. The third kappa shape index (κ3) is 3.36. The van der Waals surface area contributed by atoms with Crippen LogP contribution in [-0.4, -0.2) is 36.9 Å². The van der Waals surface area contributed by atoms with Gasteiger partial charge in [0.15, 0.2) is 0 Å². The summed E-state index contributed by atoms with van der Waals surface area (Å²) < 4.78 is 0. The number of fused-ring (bicyclic) bond motifs is 1. The van der Waals surface area contributed by atoms with E-state index in [1.165, 1.54) is 0 Å². The smallest absolute Gasteiger partial charge is 0.272 e. The zero-order valence-corrected chi connectivity index (χ0v) is 18.0. The molecule has 1 amide bonds. The normalized spacial score (nSPS) is 16.0. The first-order valence-electron chi connectivity index (χ1n) is 10.1. The molecule has 0 saturated carbocycles. The minimum Gasteiger partial charge on any atom is -0.345 e. The van der Waals surface area contributed by atoms with E-state index < -0.39 is 6.17 Å². The van der Waals surface area contributed by atoms with Crippen molar-refractivity contribution in [2.75, 3.05) is 23.9 Å². The predicted octanol–water partition coefficient (Wildman–Crippen LogP) is 4.28. The van der Waals surface area contributed by atoms with Gasteiger partial charge in [0.1, 0.15) is 0 Å². The molecule has 0 unspecified atom stereocenters. The lowest BCUT2D eigenvalue weighted by molar-refractivity contribution is -0.119. The van der Waals surface area contributed by atoms with Gasteiger partial charge >= 0.3 is 0 Å². The molecule has 5 heteroatoms. The number of carbonyl (C=O) groups is 1. The Hall–Kier alpha value is -3.47. The Labute approximate surface area is 177 Å².